The van der Waals surface area contributed by atoms with Crippen LogP contribution >= 0.6 is 0 Å². The lowest BCUT2D eigenvalue weighted by Gasteiger charge is -2.22. The van der Waals surface area contributed by atoms with Gasteiger partial charge >= 0.3 is 0 Å². The molecule has 0 saturated carbocycles. The molecule has 1 atom stereocenters. The lowest BCUT2D eigenvalue weighted by Crippen LogP contribution is -2.37. The molecule has 1 aliphatic heterocycles. The molecule has 1 heterocycles. The summed E-state index contributed by atoms with van der Waals surface area (Å²) in [7, 11) is -5.59. The first-order valence-electron chi connectivity index (χ1n) is 5.66. The molecule has 1 aromatic carbocycles. The Morgan fingerprint density at radius 3 is 2.32 bits per heavy atom. The SMILES string of the molecule is CN([C@H]1CCS(=O)(=O)C1)S(=O)(=O)c1ccc(F)cc1. The van der Waals surface area contributed by atoms with Crippen molar-refractivity contribution < 1.29 is 21.2 Å². The van der Waals surface area contributed by atoms with E-state index in [0.29, 0.717) is 6.42 Å². The first-order chi connectivity index (χ1) is 8.72. The topological polar surface area (TPSA) is 71.5 Å². The van der Waals surface area contributed by atoms with Crippen molar-refractivity contribution in [3.05, 3.63) is 30.1 Å². The fraction of sp³-hybridized carbons (Fsp3) is 0.455. The van der Waals surface area contributed by atoms with Crippen molar-refractivity contribution in [1.82, 2.24) is 4.31 Å². The summed E-state index contributed by atoms with van der Waals surface area (Å²) in [6.07, 6.45) is 0.291. The van der Waals surface area contributed by atoms with E-state index >= 15 is 0 Å². The average molecular weight is 307 g/mol. The summed E-state index contributed by atoms with van der Waals surface area (Å²) in [4.78, 5) is -0.0410. The molecule has 1 saturated heterocycles. The molecular weight excluding hydrogens is 293 g/mol. The van der Waals surface area contributed by atoms with E-state index in [1.165, 1.54) is 19.2 Å². The van der Waals surface area contributed by atoms with Gasteiger partial charge in [0.1, 0.15) is 5.82 Å². The van der Waals surface area contributed by atoms with Gasteiger partial charge in [-0.1, -0.05) is 0 Å². The third kappa shape index (κ3) is 2.96. The van der Waals surface area contributed by atoms with E-state index in [4.69, 9.17) is 0 Å². The van der Waals surface area contributed by atoms with Crippen LogP contribution in [-0.2, 0) is 19.9 Å². The number of benzene rings is 1. The predicted octanol–water partition coefficient (Wildman–Crippen LogP) is 0.633. The van der Waals surface area contributed by atoms with E-state index in [0.717, 1.165) is 16.4 Å². The van der Waals surface area contributed by atoms with Crippen LogP contribution in [0.25, 0.3) is 0 Å². The summed E-state index contributed by atoms with van der Waals surface area (Å²) in [5, 5.41) is 0. The molecule has 0 N–H and O–H groups in total. The molecule has 0 unspecified atom stereocenters. The second kappa shape index (κ2) is 4.84. The Labute approximate surface area is 112 Å². The maximum atomic E-state index is 12.8. The van der Waals surface area contributed by atoms with E-state index in [2.05, 4.69) is 0 Å². The number of sulfonamides is 1. The van der Waals surface area contributed by atoms with Crippen LogP contribution in [0.1, 0.15) is 6.42 Å². The van der Waals surface area contributed by atoms with Crippen LogP contribution in [0.2, 0.25) is 0 Å². The van der Waals surface area contributed by atoms with Gasteiger partial charge in [-0.3, -0.25) is 0 Å². The molecule has 0 amide bonds. The van der Waals surface area contributed by atoms with Crippen molar-refractivity contribution in [3.63, 3.8) is 0 Å². The second-order valence-corrected chi connectivity index (χ2v) is 8.76. The van der Waals surface area contributed by atoms with Crippen LogP contribution in [0.3, 0.4) is 0 Å². The molecule has 2 rings (SSSR count). The minimum absolute atomic E-state index is 0.000937. The highest BCUT2D eigenvalue weighted by Crippen LogP contribution is 2.23. The van der Waals surface area contributed by atoms with Gasteiger partial charge < -0.3 is 0 Å². The molecule has 0 aliphatic carbocycles. The Balaban J connectivity index is 2.27. The van der Waals surface area contributed by atoms with Crippen molar-refractivity contribution in [2.75, 3.05) is 18.6 Å². The first-order valence-corrected chi connectivity index (χ1v) is 8.92. The number of rotatable bonds is 3. The zero-order chi connectivity index (χ0) is 14.3. The zero-order valence-electron chi connectivity index (χ0n) is 10.3. The Bertz CT molecular complexity index is 667. The van der Waals surface area contributed by atoms with Gasteiger partial charge in [-0.15, -0.1) is 0 Å². The summed E-state index contributed by atoms with van der Waals surface area (Å²) in [6.45, 7) is 0. The Morgan fingerprint density at radius 2 is 1.84 bits per heavy atom. The van der Waals surface area contributed by atoms with Gasteiger partial charge in [0.25, 0.3) is 0 Å². The molecule has 0 bridgehead atoms. The first kappa shape index (κ1) is 14.4. The molecule has 5 nitrogen and oxygen atoms in total. The van der Waals surface area contributed by atoms with Crippen LogP contribution in [0.5, 0.6) is 0 Å². The lowest BCUT2D eigenvalue weighted by molar-refractivity contribution is 0.394. The largest absolute Gasteiger partial charge is 0.243 e. The fourth-order valence-electron chi connectivity index (χ4n) is 2.03. The number of halogens is 1. The molecule has 0 spiro atoms. The van der Waals surface area contributed by atoms with E-state index in [9.17, 15) is 21.2 Å². The molecule has 19 heavy (non-hydrogen) atoms. The highest BCUT2D eigenvalue weighted by molar-refractivity contribution is 7.92. The van der Waals surface area contributed by atoms with E-state index in [1.54, 1.807) is 0 Å². The molecule has 106 valence electrons. The summed E-state index contributed by atoms with van der Waals surface area (Å²) >= 11 is 0. The van der Waals surface area contributed by atoms with E-state index in [1.807, 2.05) is 0 Å². The number of hydrogen-bond donors (Lipinski definition) is 0. The number of hydrogen-bond acceptors (Lipinski definition) is 4. The predicted molar refractivity (Wildman–Crippen MR) is 68.4 cm³/mol. The smallest absolute Gasteiger partial charge is 0.229 e. The van der Waals surface area contributed by atoms with Crippen LogP contribution in [0.4, 0.5) is 4.39 Å². The molecule has 1 aromatic rings. The van der Waals surface area contributed by atoms with Crippen molar-refractivity contribution in [3.8, 4) is 0 Å². The van der Waals surface area contributed by atoms with Crippen LogP contribution < -0.4 is 0 Å². The minimum Gasteiger partial charge on any atom is -0.229 e. The maximum Gasteiger partial charge on any atom is 0.243 e. The van der Waals surface area contributed by atoms with Crippen molar-refractivity contribution in [2.45, 2.75) is 17.4 Å². The number of nitrogens with zero attached hydrogens (tertiary/aromatic N) is 1. The average Bonchev–Trinajstić information content (AvgIpc) is 2.69. The van der Waals surface area contributed by atoms with Crippen molar-refractivity contribution in [2.24, 2.45) is 0 Å². The molecule has 1 fully saturated rings. The van der Waals surface area contributed by atoms with Gasteiger partial charge in [-0.2, -0.15) is 4.31 Å². The third-order valence-electron chi connectivity index (χ3n) is 3.21. The van der Waals surface area contributed by atoms with E-state index < -0.39 is 31.7 Å². The van der Waals surface area contributed by atoms with Crippen molar-refractivity contribution in [1.29, 1.82) is 0 Å². The fourth-order valence-corrected chi connectivity index (χ4v) is 5.28. The summed E-state index contributed by atoms with van der Waals surface area (Å²) < 4.78 is 61.1. The van der Waals surface area contributed by atoms with Crippen LogP contribution in [0, 0.1) is 5.82 Å². The molecular formula is C11H14FNO4S2. The third-order valence-corrected chi connectivity index (χ3v) is 6.89. The standard InChI is InChI=1S/C11H14FNO4S2/c1-13(10-6-7-18(14,15)8-10)19(16,17)11-4-2-9(12)3-5-11/h2-5,10H,6-8H2,1H3/t10-/m0/s1. The van der Waals surface area contributed by atoms with Crippen molar-refractivity contribution >= 4 is 19.9 Å². The summed E-state index contributed by atoms with van der Waals surface area (Å²) in [5.41, 5.74) is 0. The van der Waals surface area contributed by atoms with Gasteiger partial charge in [0.2, 0.25) is 10.0 Å². The monoisotopic (exact) mass is 307 g/mol. The maximum absolute atomic E-state index is 12.8. The minimum atomic E-state index is -3.79. The molecule has 0 radical (unpaired) electrons. The molecule has 1 aliphatic rings. The molecule has 0 aromatic heterocycles. The van der Waals surface area contributed by atoms with Gasteiger partial charge in [-0.25, -0.2) is 21.2 Å². The van der Waals surface area contributed by atoms with Crippen LogP contribution in [0.15, 0.2) is 29.2 Å². The second-order valence-electron chi connectivity index (χ2n) is 4.53. The van der Waals surface area contributed by atoms with E-state index in [-0.39, 0.29) is 16.4 Å². The zero-order valence-corrected chi connectivity index (χ0v) is 11.9. The highest BCUT2D eigenvalue weighted by atomic mass is 32.2. The van der Waals surface area contributed by atoms with Gasteiger partial charge in [0.05, 0.1) is 16.4 Å². The Hall–Kier alpha value is -0.990. The van der Waals surface area contributed by atoms with Gasteiger partial charge in [-0.05, 0) is 30.7 Å². The normalized spacial score (nSPS) is 22.8. The lowest BCUT2D eigenvalue weighted by atomic mass is 10.3. The van der Waals surface area contributed by atoms with Gasteiger partial charge in [0, 0.05) is 13.1 Å². The summed E-state index contributed by atoms with van der Waals surface area (Å²) in [5.74, 6) is -0.685. The highest BCUT2D eigenvalue weighted by Gasteiger charge is 2.36. The van der Waals surface area contributed by atoms with Gasteiger partial charge in [0.15, 0.2) is 9.84 Å². The quantitative estimate of drug-likeness (QED) is 0.821. The van der Waals surface area contributed by atoms with Crippen LogP contribution in [-0.4, -0.2) is 45.7 Å². The summed E-state index contributed by atoms with van der Waals surface area (Å²) in [6, 6.07) is 3.91. The Morgan fingerprint density at radius 1 is 1.26 bits per heavy atom. The molecule has 8 heteroatoms. The Kier molecular flexibility index (Phi) is 3.67. The number of sulfone groups is 1.